The minimum absolute atomic E-state index is 0.137. The number of ether oxygens (including phenoxy) is 2. The topological polar surface area (TPSA) is 55.8 Å². The highest BCUT2D eigenvalue weighted by molar-refractivity contribution is 5.69. The predicted octanol–water partition coefficient (Wildman–Crippen LogP) is 3.39. The lowest BCUT2D eigenvalue weighted by atomic mass is 9.66. The first kappa shape index (κ1) is 15.8. The Kier molecular flexibility index (Phi) is 4.57. The van der Waals surface area contributed by atoms with Crippen LogP contribution in [0.5, 0.6) is 5.75 Å². The van der Waals surface area contributed by atoms with Gasteiger partial charge < -0.3 is 14.6 Å². The van der Waals surface area contributed by atoms with Crippen LogP contribution in [-0.2, 0) is 14.9 Å². The van der Waals surface area contributed by atoms with Gasteiger partial charge in [-0.05, 0) is 43.9 Å². The zero-order chi connectivity index (χ0) is 15.5. The molecule has 1 aromatic carbocycles. The first-order valence-electron chi connectivity index (χ1n) is 7.43. The predicted molar refractivity (Wildman–Crippen MR) is 80.8 cm³/mol. The summed E-state index contributed by atoms with van der Waals surface area (Å²) in [6.07, 6.45) is 2.49. The molecule has 0 aromatic heterocycles. The van der Waals surface area contributed by atoms with Crippen LogP contribution in [0.1, 0.15) is 45.1 Å². The van der Waals surface area contributed by atoms with Gasteiger partial charge in [-0.3, -0.25) is 4.79 Å². The van der Waals surface area contributed by atoms with Crippen LogP contribution in [0.4, 0.5) is 0 Å². The van der Waals surface area contributed by atoms with Crippen LogP contribution in [0.15, 0.2) is 24.3 Å². The van der Waals surface area contributed by atoms with Crippen molar-refractivity contribution in [3.63, 3.8) is 0 Å². The standard InChI is InChI=1S/C17H24O4/c1-4-16(2)12-17(9-10-21-16,11-15(18)19)13-5-7-14(20-3)8-6-13/h5-8H,4,9-12H2,1-3H3,(H,18,19)/t16-,17-/m0/s1. The Morgan fingerprint density at radius 1 is 1.38 bits per heavy atom. The van der Waals surface area contributed by atoms with Gasteiger partial charge >= 0.3 is 5.97 Å². The molecule has 2 atom stereocenters. The maximum Gasteiger partial charge on any atom is 0.304 e. The van der Waals surface area contributed by atoms with E-state index in [4.69, 9.17) is 9.47 Å². The molecule has 21 heavy (non-hydrogen) atoms. The van der Waals surface area contributed by atoms with Crippen molar-refractivity contribution < 1.29 is 19.4 Å². The van der Waals surface area contributed by atoms with E-state index in [1.165, 1.54) is 0 Å². The molecule has 4 heteroatoms. The maximum absolute atomic E-state index is 11.4. The summed E-state index contributed by atoms with van der Waals surface area (Å²) in [5.74, 6) is 0.0284. The van der Waals surface area contributed by atoms with Gasteiger partial charge in [0.2, 0.25) is 0 Å². The molecule has 1 aliphatic heterocycles. The smallest absolute Gasteiger partial charge is 0.304 e. The van der Waals surface area contributed by atoms with Crippen molar-refractivity contribution in [3.8, 4) is 5.75 Å². The average molecular weight is 292 g/mol. The lowest BCUT2D eigenvalue weighted by Crippen LogP contribution is -2.46. The molecule has 116 valence electrons. The first-order chi connectivity index (χ1) is 9.93. The van der Waals surface area contributed by atoms with Gasteiger partial charge in [0.05, 0.1) is 19.1 Å². The van der Waals surface area contributed by atoms with Gasteiger partial charge in [-0.15, -0.1) is 0 Å². The van der Waals surface area contributed by atoms with Crippen LogP contribution < -0.4 is 4.74 Å². The Morgan fingerprint density at radius 2 is 2.05 bits per heavy atom. The molecule has 0 aliphatic carbocycles. The fourth-order valence-electron chi connectivity index (χ4n) is 3.31. The van der Waals surface area contributed by atoms with E-state index in [1.807, 2.05) is 24.3 Å². The van der Waals surface area contributed by atoms with Crippen LogP contribution in [0, 0.1) is 0 Å². The Hall–Kier alpha value is -1.55. The molecular formula is C17H24O4. The van der Waals surface area contributed by atoms with E-state index in [1.54, 1.807) is 7.11 Å². The Balaban J connectivity index is 2.38. The van der Waals surface area contributed by atoms with Gasteiger partial charge in [0, 0.05) is 12.0 Å². The summed E-state index contributed by atoms with van der Waals surface area (Å²) in [5.41, 5.74) is 0.447. The molecule has 1 fully saturated rings. The van der Waals surface area contributed by atoms with Crippen molar-refractivity contribution in [2.45, 2.75) is 50.5 Å². The van der Waals surface area contributed by atoms with E-state index < -0.39 is 5.97 Å². The third kappa shape index (κ3) is 3.38. The van der Waals surface area contributed by atoms with Crippen molar-refractivity contribution in [2.24, 2.45) is 0 Å². The number of carbonyl (C=O) groups is 1. The van der Waals surface area contributed by atoms with Gasteiger partial charge in [-0.2, -0.15) is 0 Å². The summed E-state index contributed by atoms with van der Waals surface area (Å²) in [6, 6.07) is 7.78. The van der Waals surface area contributed by atoms with Crippen molar-refractivity contribution in [1.29, 1.82) is 0 Å². The SMILES string of the molecule is CC[C@@]1(C)C[C@](CC(=O)O)(c2ccc(OC)cc2)CCO1. The largest absolute Gasteiger partial charge is 0.497 e. The minimum Gasteiger partial charge on any atom is -0.497 e. The van der Waals surface area contributed by atoms with E-state index in [0.717, 1.165) is 30.6 Å². The lowest BCUT2D eigenvalue weighted by molar-refractivity contribution is -0.143. The number of hydrogen-bond acceptors (Lipinski definition) is 3. The molecule has 0 saturated carbocycles. The molecule has 1 aliphatic rings. The molecule has 4 nitrogen and oxygen atoms in total. The molecule has 0 spiro atoms. The van der Waals surface area contributed by atoms with Gasteiger partial charge in [0.1, 0.15) is 5.75 Å². The molecule has 0 unspecified atom stereocenters. The molecule has 1 aromatic rings. The quantitative estimate of drug-likeness (QED) is 0.904. The summed E-state index contributed by atoms with van der Waals surface area (Å²) in [4.78, 5) is 11.4. The minimum atomic E-state index is -0.758. The number of carboxylic acids is 1. The third-order valence-corrected chi connectivity index (χ3v) is 4.68. The fraction of sp³-hybridized carbons (Fsp3) is 0.588. The number of benzene rings is 1. The monoisotopic (exact) mass is 292 g/mol. The van der Waals surface area contributed by atoms with E-state index in [9.17, 15) is 9.90 Å². The van der Waals surface area contributed by atoms with E-state index >= 15 is 0 Å². The highest BCUT2D eigenvalue weighted by Gasteiger charge is 2.44. The number of carboxylic acid groups (broad SMARTS) is 1. The Bertz CT molecular complexity index is 496. The van der Waals surface area contributed by atoms with E-state index in [2.05, 4.69) is 13.8 Å². The van der Waals surface area contributed by atoms with Gasteiger partial charge in [0.25, 0.3) is 0 Å². The van der Waals surface area contributed by atoms with Crippen LogP contribution in [0.3, 0.4) is 0 Å². The second-order valence-electron chi connectivity index (χ2n) is 6.16. The van der Waals surface area contributed by atoms with Gasteiger partial charge in [0.15, 0.2) is 0 Å². The molecule has 0 amide bonds. The zero-order valence-corrected chi connectivity index (χ0v) is 13.0. The average Bonchev–Trinajstić information content (AvgIpc) is 2.47. The molecule has 1 N–H and O–H groups in total. The van der Waals surface area contributed by atoms with E-state index in [-0.39, 0.29) is 17.4 Å². The summed E-state index contributed by atoms with van der Waals surface area (Å²) >= 11 is 0. The summed E-state index contributed by atoms with van der Waals surface area (Å²) in [5, 5.41) is 9.37. The second kappa shape index (κ2) is 6.06. The molecule has 1 saturated heterocycles. The third-order valence-electron chi connectivity index (χ3n) is 4.68. The number of hydrogen-bond donors (Lipinski definition) is 1. The summed E-state index contributed by atoms with van der Waals surface area (Å²) in [7, 11) is 1.63. The number of methoxy groups -OCH3 is 1. The van der Waals surface area contributed by atoms with Crippen molar-refractivity contribution in [2.75, 3.05) is 13.7 Å². The van der Waals surface area contributed by atoms with Gasteiger partial charge in [-0.25, -0.2) is 0 Å². The number of aliphatic carboxylic acids is 1. The molecule has 1 heterocycles. The summed E-state index contributed by atoms with van der Waals surface area (Å²) in [6.45, 7) is 4.76. The molecular weight excluding hydrogens is 268 g/mol. The Labute approximate surface area is 126 Å². The van der Waals surface area contributed by atoms with Crippen molar-refractivity contribution in [1.82, 2.24) is 0 Å². The molecule has 0 bridgehead atoms. The second-order valence-corrected chi connectivity index (χ2v) is 6.16. The van der Waals surface area contributed by atoms with Gasteiger partial charge in [-0.1, -0.05) is 19.1 Å². The molecule has 0 radical (unpaired) electrons. The van der Waals surface area contributed by atoms with Crippen molar-refractivity contribution in [3.05, 3.63) is 29.8 Å². The Morgan fingerprint density at radius 3 is 2.57 bits per heavy atom. The zero-order valence-electron chi connectivity index (χ0n) is 13.0. The first-order valence-corrected chi connectivity index (χ1v) is 7.43. The molecule has 2 rings (SSSR count). The summed E-state index contributed by atoms with van der Waals surface area (Å²) < 4.78 is 11.1. The van der Waals surface area contributed by atoms with E-state index in [0.29, 0.717) is 6.61 Å². The van der Waals surface area contributed by atoms with Crippen molar-refractivity contribution >= 4 is 5.97 Å². The normalized spacial score (nSPS) is 29.1. The highest BCUT2D eigenvalue weighted by Crippen LogP contribution is 2.45. The van der Waals surface area contributed by atoms with Crippen LogP contribution in [0.25, 0.3) is 0 Å². The number of rotatable bonds is 5. The fourth-order valence-corrected chi connectivity index (χ4v) is 3.31. The van der Waals surface area contributed by atoms with Crippen LogP contribution >= 0.6 is 0 Å². The highest BCUT2D eigenvalue weighted by atomic mass is 16.5. The lowest BCUT2D eigenvalue weighted by Gasteiger charge is -2.46. The maximum atomic E-state index is 11.4. The van der Waals surface area contributed by atoms with Crippen LogP contribution in [0.2, 0.25) is 0 Å². The van der Waals surface area contributed by atoms with Crippen LogP contribution in [-0.4, -0.2) is 30.4 Å².